The molecule has 0 aliphatic carbocycles. The van der Waals surface area contributed by atoms with Gasteiger partial charge in [-0.3, -0.25) is 9.58 Å². The van der Waals surface area contributed by atoms with E-state index in [1.54, 1.807) is 0 Å². The lowest BCUT2D eigenvalue weighted by atomic mass is 9.93. The van der Waals surface area contributed by atoms with Crippen LogP contribution in [0.4, 0.5) is 0 Å². The first-order chi connectivity index (χ1) is 8.60. The van der Waals surface area contributed by atoms with Crippen molar-refractivity contribution in [1.29, 1.82) is 0 Å². The van der Waals surface area contributed by atoms with Crippen LogP contribution in [0.2, 0.25) is 0 Å². The molecule has 1 aromatic heterocycles. The minimum atomic E-state index is 0.439. The second-order valence-electron chi connectivity index (χ2n) is 5.88. The summed E-state index contributed by atoms with van der Waals surface area (Å²) in [6.07, 6.45) is 6.71. The molecule has 0 saturated carbocycles. The van der Waals surface area contributed by atoms with Gasteiger partial charge in [0.2, 0.25) is 0 Å². The second kappa shape index (κ2) is 5.85. The molecule has 0 bridgehead atoms. The fourth-order valence-electron chi connectivity index (χ4n) is 2.65. The lowest BCUT2D eigenvalue weighted by Gasteiger charge is -2.37. The van der Waals surface area contributed by atoms with E-state index >= 15 is 0 Å². The van der Waals surface area contributed by atoms with Crippen LogP contribution < -0.4 is 5.73 Å². The Morgan fingerprint density at radius 2 is 2.22 bits per heavy atom. The van der Waals surface area contributed by atoms with Gasteiger partial charge in [0.05, 0.1) is 6.20 Å². The zero-order valence-electron chi connectivity index (χ0n) is 11.8. The van der Waals surface area contributed by atoms with Gasteiger partial charge in [0.1, 0.15) is 0 Å². The van der Waals surface area contributed by atoms with Crippen molar-refractivity contribution in [2.45, 2.75) is 52.2 Å². The average Bonchev–Trinajstić information content (AvgIpc) is 2.81. The molecule has 2 rings (SSSR count). The van der Waals surface area contributed by atoms with Gasteiger partial charge >= 0.3 is 0 Å². The molecule has 2 N–H and O–H groups in total. The molecule has 1 saturated heterocycles. The normalized spacial score (nSPS) is 25.8. The van der Waals surface area contributed by atoms with Crippen molar-refractivity contribution in [2.75, 3.05) is 13.1 Å². The van der Waals surface area contributed by atoms with Gasteiger partial charge in [0.25, 0.3) is 0 Å². The summed E-state index contributed by atoms with van der Waals surface area (Å²) in [6.45, 7) is 9.58. The number of nitrogens with two attached hydrogens (primary N) is 1. The van der Waals surface area contributed by atoms with Gasteiger partial charge in [-0.15, -0.1) is 0 Å². The number of rotatable bonds is 4. The molecule has 1 fully saturated rings. The smallest absolute Gasteiger partial charge is 0.0534 e. The number of piperidine rings is 1. The first kappa shape index (κ1) is 13.6. The molecule has 0 spiro atoms. The van der Waals surface area contributed by atoms with Gasteiger partial charge in [0.15, 0.2) is 0 Å². The summed E-state index contributed by atoms with van der Waals surface area (Å²) in [7, 11) is 0. The summed E-state index contributed by atoms with van der Waals surface area (Å²) in [5.41, 5.74) is 7.12. The Balaban J connectivity index is 1.98. The average molecular weight is 250 g/mol. The third-order valence-corrected chi connectivity index (χ3v) is 4.01. The standard InChI is InChI=1S/C14H26N4/c1-11(2)18-10-14(7-16-18)9-17-8-13(6-15)5-4-12(17)3/h7,10-13H,4-6,8-9,15H2,1-3H3. The molecule has 1 aliphatic rings. The Kier molecular flexibility index (Phi) is 4.40. The lowest BCUT2D eigenvalue weighted by molar-refractivity contribution is 0.113. The molecular weight excluding hydrogens is 224 g/mol. The number of hydrogen-bond donors (Lipinski definition) is 1. The highest BCUT2D eigenvalue weighted by Crippen LogP contribution is 2.23. The van der Waals surface area contributed by atoms with Crippen molar-refractivity contribution in [3.05, 3.63) is 18.0 Å². The molecule has 0 aromatic carbocycles. The van der Waals surface area contributed by atoms with Crippen LogP contribution >= 0.6 is 0 Å². The zero-order valence-corrected chi connectivity index (χ0v) is 11.8. The fourth-order valence-corrected chi connectivity index (χ4v) is 2.65. The molecule has 4 heteroatoms. The third kappa shape index (κ3) is 3.12. The maximum absolute atomic E-state index is 5.81. The van der Waals surface area contributed by atoms with Gasteiger partial charge in [-0.2, -0.15) is 5.10 Å². The van der Waals surface area contributed by atoms with Gasteiger partial charge in [-0.05, 0) is 46.1 Å². The molecular formula is C14H26N4. The second-order valence-corrected chi connectivity index (χ2v) is 5.88. The van der Waals surface area contributed by atoms with Crippen LogP contribution in [0.1, 0.15) is 45.2 Å². The van der Waals surface area contributed by atoms with Crippen molar-refractivity contribution in [3.8, 4) is 0 Å². The lowest BCUT2D eigenvalue weighted by Crippen LogP contribution is -2.43. The zero-order chi connectivity index (χ0) is 13.1. The predicted octanol–water partition coefficient (Wildman–Crippen LogP) is 2.02. The van der Waals surface area contributed by atoms with E-state index in [0.29, 0.717) is 18.0 Å². The largest absolute Gasteiger partial charge is 0.330 e. The molecule has 18 heavy (non-hydrogen) atoms. The first-order valence-corrected chi connectivity index (χ1v) is 7.07. The van der Waals surface area contributed by atoms with Gasteiger partial charge in [0, 0.05) is 36.9 Å². The summed E-state index contributed by atoms with van der Waals surface area (Å²) in [6, 6.07) is 1.10. The van der Waals surface area contributed by atoms with E-state index < -0.39 is 0 Å². The van der Waals surface area contributed by atoms with Crippen molar-refractivity contribution in [3.63, 3.8) is 0 Å². The van der Waals surface area contributed by atoms with Crippen molar-refractivity contribution >= 4 is 0 Å². The van der Waals surface area contributed by atoms with Crippen LogP contribution in [0.25, 0.3) is 0 Å². The Bertz CT molecular complexity index is 372. The predicted molar refractivity (Wildman–Crippen MR) is 74.3 cm³/mol. The molecule has 1 aliphatic heterocycles. The minimum absolute atomic E-state index is 0.439. The minimum Gasteiger partial charge on any atom is -0.330 e. The van der Waals surface area contributed by atoms with Gasteiger partial charge < -0.3 is 5.73 Å². The number of hydrogen-bond acceptors (Lipinski definition) is 3. The number of likely N-dealkylation sites (tertiary alicyclic amines) is 1. The Morgan fingerprint density at radius 1 is 1.44 bits per heavy atom. The van der Waals surface area contributed by atoms with Crippen molar-refractivity contribution in [2.24, 2.45) is 11.7 Å². The Labute approximate surface area is 110 Å². The highest BCUT2D eigenvalue weighted by molar-refractivity contribution is 5.05. The third-order valence-electron chi connectivity index (χ3n) is 4.01. The summed E-state index contributed by atoms with van der Waals surface area (Å²) >= 11 is 0. The van der Waals surface area contributed by atoms with E-state index in [2.05, 4.69) is 37.0 Å². The Morgan fingerprint density at radius 3 is 2.83 bits per heavy atom. The molecule has 1 aromatic rings. The summed E-state index contributed by atoms with van der Waals surface area (Å²) in [5, 5.41) is 4.41. The van der Waals surface area contributed by atoms with Gasteiger partial charge in [-0.25, -0.2) is 0 Å². The van der Waals surface area contributed by atoms with E-state index in [1.807, 2.05) is 10.9 Å². The molecule has 0 radical (unpaired) electrons. The SMILES string of the molecule is CC1CCC(CN)CN1Cc1cnn(C(C)C)c1. The highest BCUT2D eigenvalue weighted by atomic mass is 15.3. The molecule has 2 atom stereocenters. The molecule has 4 nitrogen and oxygen atoms in total. The summed E-state index contributed by atoms with van der Waals surface area (Å²) in [5.74, 6) is 0.668. The molecule has 0 amide bonds. The van der Waals surface area contributed by atoms with Crippen molar-refractivity contribution in [1.82, 2.24) is 14.7 Å². The topological polar surface area (TPSA) is 47.1 Å². The van der Waals surface area contributed by atoms with Gasteiger partial charge in [-0.1, -0.05) is 0 Å². The van der Waals surface area contributed by atoms with Crippen molar-refractivity contribution < 1.29 is 0 Å². The number of aromatic nitrogens is 2. The van der Waals surface area contributed by atoms with Crippen LogP contribution in [-0.2, 0) is 6.54 Å². The van der Waals surface area contributed by atoms with E-state index in [1.165, 1.54) is 18.4 Å². The fraction of sp³-hybridized carbons (Fsp3) is 0.786. The maximum Gasteiger partial charge on any atom is 0.0534 e. The highest BCUT2D eigenvalue weighted by Gasteiger charge is 2.24. The quantitative estimate of drug-likeness (QED) is 0.889. The van der Waals surface area contributed by atoms with E-state index in [4.69, 9.17) is 5.73 Å². The molecule has 102 valence electrons. The van der Waals surface area contributed by atoms with Crippen LogP contribution in [0.3, 0.4) is 0 Å². The van der Waals surface area contributed by atoms with Crippen LogP contribution in [0, 0.1) is 5.92 Å². The first-order valence-electron chi connectivity index (χ1n) is 7.07. The molecule has 2 heterocycles. The monoisotopic (exact) mass is 250 g/mol. The maximum atomic E-state index is 5.81. The van der Waals surface area contributed by atoms with E-state index in [0.717, 1.165) is 19.6 Å². The van der Waals surface area contributed by atoms with E-state index in [-0.39, 0.29) is 0 Å². The Hall–Kier alpha value is -0.870. The summed E-state index contributed by atoms with van der Waals surface area (Å²) < 4.78 is 2.03. The molecule has 2 unspecified atom stereocenters. The summed E-state index contributed by atoms with van der Waals surface area (Å²) in [4.78, 5) is 2.54. The number of nitrogens with zero attached hydrogens (tertiary/aromatic N) is 3. The van der Waals surface area contributed by atoms with E-state index in [9.17, 15) is 0 Å². The van der Waals surface area contributed by atoms with Crippen LogP contribution in [0.15, 0.2) is 12.4 Å². The van der Waals surface area contributed by atoms with Crippen LogP contribution in [0.5, 0.6) is 0 Å². The van der Waals surface area contributed by atoms with Crippen LogP contribution in [-0.4, -0.2) is 33.8 Å².